The average molecular weight is 423 g/mol. The van der Waals surface area contributed by atoms with Crippen molar-refractivity contribution in [2.75, 3.05) is 12.3 Å². The number of carbonyl (C=O) groups excluding carboxylic acids is 1. The molecule has 4 aromatic rings. The molecule has 5 rings (SSSR count). The number of amides is 1. The third-order valence-electron chi connectivity index (χ3n) is 5.43. The Morgan fingerprint density at radius 1 is 1.14 bits per heavy atom. The summed E-state index contributed by atoms with van der Waals surface area (Å²) in [6.45, 7) is 3.77. The van der Waals surface area contributed by atoms with Crippen LogP contribution in [-0.4, -0.2) is 37.6 Å². The van der Waals surface area contributed by atoms with Crippen molar-refractivity contribution < 1.29 is 4.79 Å². The Kier molecular flexibility index (Phi) is 5.01. The Balaban J connectivity index is 1.34. The molecule has 2 aromatic heterocycles. The maximum atomic E-state index is 13.1. The first-order valence-electron chi connectivity index (χ1n) is 9.97. The molecule has 1 aliphatic rings. The second-order valence-electron chi connectivity index (χ2n) is 7.18. The fourth-order valence-corrected chi connectivity index (χ4v) is 6.11. The molecule has 1 aliphatic heterocycles. The summed E-state index contributed by atoms with van der Waals surface area (Å²) in [5.74, 6) is 0.580. The number of nitrogens with zero attached hydrogens (tertiary/aromatic N) is 4. The van der Waals surface area contributed by atoms with Gasteiger partial charge in [-0.3, -0.25) is 4.79 Å². The van der Waals surface area contributed by atoms with Gasteiger partial charge in [-0.05, 0) is 44.0 Å². The Labute approximate surface area is 177 Å². The zero-order valence-electron chi connectivity index (χ0n) is 16.2. The van der Waals surface area contributed by atoms with Crippen molar-refractivity contribution in [3.05, 3.63) is 53.5 Å². The van der Waals surface area contributed by atoms with Crippen LogP contribution in [0.25, 0.3) is 21.3 Å². The van der Waals surface area contributed by atoms with Gasteiger partial charge in [0.2, 0.25) is 5.91 Å². The molecule has 2 aromatic carbocycles. The normalized spacial score (nSPS) is 16.9. The molecule has 0 saturated carbocycles. The topological polar surface area (TPSA) is 51.0 Å². The molecule has 0 radical (unpaired) electrons. The van der Waals surface area contributed by atoms with Crippen molar-refractivity contribution in [2.24, 2.45) is 0 Å². The largest absolute Gasteiger partial charge is 0.332 e. The first-order valence-corrected chi connectivity index (χ1v) is 11.8. The fourth-order valence-electron chi connectivity index (χ4n) is 4.03. The van der Waals surface area contributed by atoms with Gasteiger partial charge in [0, 0.05) is 13.1 Å². The standard InChI is InChI=1S/C22H22N4OS2/c1-2-25-17-10-5-3-8-15(17)24-22(25)28-14-20(27)26-13-7-11-18(26)21-23-16-9-4-6-12-19(16)29-21/h3-6,8-10,12,18H,2,7,11,13-14H2,1H3. The molecule has 7 heteroatoms. The van der Waals surface area contributed by atoms with Crippen molar-refractivity contribution in [3.63, 3.8) is 0 Å². The molecule has 1 amide bonds. The number of carbonyl (C=O) groups is 1. The molecular formula is C22H22N4OS2. The highest BCUT2D eigenvalue weighted by atomic mass is 32.2. The van der Waals surface area contributed by atoms with Crippen LogP contribution in [-0.2, 0) is 11.3 Å². The van der Waals surface area contributed by atoms with Crippen LogP contribution in [0.15, 0.2) is 53.7 Å². The number of hydrogen-bond acceptors (Lipinski definition) is 5. The quantitative estimate of drug-likeness (QED) is 0.419. The molecule has 1 atom stereocenters. The van der Waals surface area contributed by atoms with Crippen LogP contribution in [0.5, 0.6) is 0 Å². The summed E-state index contributed by atoms with van der Waals surface area (Å²) >= 11 is 3.25. The molecule has 1 fully saturated rings. The SMILES string of the molecule is CCn1c(SCC(=O)N2CCCC2c2nc3ccccc3s2)nc2ccccc21. The van der Waals surface area contributed by atoms with E-state index in [9.17, 15) is 4.79 Å². The monoisotopic (exact) mass is 422 g/mol. The van der Waals surface area contributed by atoms with E-state index in [1.165, 1.54) is 16.5 Å². The first kappa shape index (κ1) is 18.6. The highest BCUT2D eigenvalue weighted by Gasteiger charge is 2.32. The predicted molar refractivity (Wildman–Crippen MR) is 119 cm³/mol. The lowest BCUT2D eigenvalue weighted by Crippen LogP contribution is -2.32. The number of imidazole rings is 1. The Bertz CT molecular complexity index is 1150. The molecule has 29 heavy (non-hydrogen) atoms. The van der Waals surface area contributed by atoms with E-state index in [1.54, 1.807) is 11.3 Å². The number of aryl methyl sites for hydroxylation is 1. The van der Waals surface area contributed by atoms with Gasteiger partial charge in [-0.15, -0.1) is 11.3 Å². The van der Waals surface area contributed by atoms with Gasteiger partial charge in [-0.2, -0.15) is 0 Å². The number of aromatic nitrogens is 3. The number of para-hydroxylation sites is 3. The zero-order chi connectivity index (χ0) is 19.8. The highest BCUT2D eigenvalue weighted by Crippen LogP contribution is 2.37. The average Bonchev–Trinajstić information content (AvgIpc) is 3.47. The number of benzene rings is 2. The molecule has 0 aliphatic carbocycles. The maximum absolute atomic E-state index is 13.1. The molecule has 0 N–H and O–H groups in total. The van der Waals surface area contributed by atoms with Crippen LogP contribution in [0.1, 0.15) is 30.8 Å². The van der Waals surface area contributed by atoms with Gasteiger partial charge in [0.1, 0.15) is 5.01 Å². The van der Waals surface area contributed by atoms with Gasteiger partial charge in [0.05, 0.1) is 33.0 Å². The van der Waals surface area contributed by atoms with E-state index in [2.05, 4.69) is 23.6 Å². The number of hydrogen-bond donors (Lipinski definition) is 0. The third kappa shape index (κ3) is 3.42. The van der Waals surface area contributed by atoms with Gasteiger partial charge in [-0.25, -0.2) is 9.97 Å². The lowest BCUT2D eigenvalue weighted by Gasteiger charge is -2.23. The van der Waals surface area contributed by atoms with Crippen molar-refractivity contribution >= 4 is 50.3 Å². The number of fused-ring (bicyclic) bond motifs is 2. The van der Waals surface area contributed by atoms with Gasteiger partial charge in [0.15, 0.2) is 5.16 Å². The van der Waals surface area contributed by atoms with Crippen molar-refractivity contribution in [1.29, 1.82) is 0 Å². The van der Waals surface area contributed by atoms with Gasteiger partial charge in [-0.1, -0.05) is 36.0 Å². The van der Waals surface area contributed by atoms with Crippen LogP contribution in [0, 0.1) is 0 Å². The predicted octanol–water partition coefficient (Wildman–Crippen LogP) is 5.12. The fraction of sp³-hybridized carbons (Fsp3) is 0.318. The Morgan fingerprint density at radius 2 is 1.93 bits per heavy atom. The Hall–Kier alpha value is -2.38. The molecular weight excluding hydrogens is 400 g/mol. The highest BCUT2D eigenvalue weighted by molar-refractivity contribution is 7.99. The molecule has 1 saturated heterocycles. The van der Waals surface area contributed by atoms with E-state index >= 15 is 0 Å². The summed E-state index contributed by atoms with van der Waals surface area (Å²) in [5.41, 5.74) is 3.13. The minimum absolute atomic E-state index is 0.102. The zero-order valence-corrected chi connectivity index (χ0v) is 17.9. The lowest BCUT2D eigenvalue weighted by atomic mass is 10.2. The molecule has 148 valence electrons. The van der Waals surface area contributed by atoms with Crippen LogP contribution >= 0.6 is 23.1 Å². The van der Waals surface area contributed by atoms with E-state index < -0.39 is 0 Å². The van der Waals surface area contributed by atoms with Gasteiger partial charge < -0.3 is 9.47 Å². The summed E-state index contributed by atoms with van der Waals surface area (Å²) in [5, 5.41) is 1.97. The van der Waals surface area contributed by atoms with Crippen LogP contribution < -0.4 is 0 Å². The summed E-state index contributed by atoms with van der Waals surface area (Å²) in [4.78, 5) is 24.6. The Morgan fingerprint density at radius 3 is 2.76 bits per heavy atom. The first-order chi connectivity index (χ1) is 14.2. The summed E-state index contributed by atoms with van der Waals surface area (Å²) in [7, 11) is 0. The van der Waals surface area contributed by atoms with Crippen LogP contribution in [0.4, 0.5) is 0 Å². The second kappa shape index (κ2) is 7.80. The second-order valence-corrected chi connectivity index (χ2v) is 9.19. The number of likely N-dealkylation sites (tertiary alicyclic amines) is 1. The van der Waals surface area contributed by atoms with Crippen molar-refractivity contribution in [3.8, 4) is 0 Å². The van der Waals surface area contributed by atoms with Crippen molar-refractivity contribution in [2.45, 2.75) is 37.5 Å². The van der Waals surface area contributed by atoms with Crippen molar-refractivity contribution in [1.82, 2.24) is 19.4 Å². The lowest BCUT2D eigenvalue weighted by molar-refractivity contribution is -0.129. The van der Waals surface area contributed by atoms with E-state index in [4.69, 9.17) is 9.97 Å². The molecule has 1 unspecified atom stereocenters. The van der Waals surface area contributed by atoms with E-state index in [-0.39, 0.29) is 11.9 Å². The number of thiazole rings is 1. The summed E-state index contributed by atoms with van der Waals surface area (Å²) < 4.78 is 3.37. The van der Waals surface area contributed by atoms with Crippen LogP contribution in [0.2, 0.25) is 0 Å². The van der Waals surface area contributed by atoms with E-state index in [1.807, 2.05) is 41.3 Å². The third-order valence-corrected chi connectivity index (χ3v) is 7.53. The molecule has 5 nitrogen and oxygen atoms in total. The smallest absolute Gasteiger partial charge is 0.233 e. The minimum atomic E-state index is 0.102. The molecule has 0 bridgehead atoms. The molecule has 3 heterocycles. The summed E-state index contributed by atoms with van der Waals surface area (Å²) in [6.07, 6.45) is 2.02. The van der Waals surface area contributed by atoms with Crippen LogP contribution in [0.3, 0.4) is 0 Å². The minimum Gasteiger partial charge on any atom is -0.332 e. The number of rotatable bonds is 5. The maximum Gasteiger partial charge on any atom is 0.233 e. The van der Waals surface area contributed by atoms with Gasteiger partial charge >= 0.3 is 0 Å². The van der Waals surface area contributed by atoms with E-state index in [0.29, 0.717) is 5.75 Å². The number of thioether (sulfide) groups is 1. The molecule has 0 spiro atoms. The van der Waals surface area contributed by atoms with E-state index in [0.717, 1.165) is 52.6 Å². The van der Waals surface area contributed by atoms with Gasteiger partial charge in [0.25, 0.3) is 0 Å². The summed E-state index contributed by atoms with van der Waals surface area (Å²) in [6, 6.07) is 16.4.